The van der Waals surface area contributed by atoms with Gasteiger partial charge in [-0.1, -0.05) is 30.3 Å². The predicted molar refractivity (Wildman–Crippen MR) is 99.1 cm³/mol. The molecule has 1 saturated heterocycles. The van der Waals surface area contributed by atoms with Crippen molar-refractivity contribution in [2.24, 2.45) is 5.92 Å². The lowest BCUT2D eigenvalue weighted by Gasteiger charge is -2.31. The van der Waals surface area contributed by atoms with Crippen LogP contribution in [0, 0.1) is 11.7 Å². The first-order valence-electron chi connectivity index (χ1n) is 9.00. The molecular formula is C21H23FN2O2. The van der Waals surface area contributed by atoms with E-state index in [0.29, 0.717) is 38.8 Å². The highest BCUT2D eigenvalue weighted by Crippen LogP contribution is 2.20. The molecule has 1 heterocycles. The number of hydrogen-bond acceptors (Lipinski definition) is 2. The zero-order chi connectivity index (χ0) is 18.4. The largest absolute Gasteiger partial charge is 0.343 e. The summed E-state index contributed by atoms with van der Waals surface area (Å²) in [6.07, 6.45) is 2.24. The quantitative estimate of drug-likeness (QED) is 0.891. The van der Waals surface area contributed by atoms with E-state index in [1.807, 2.05) is 41.3 Å². The van der Waals surface area contributed by atoms with Crippen molar-refractivity contribution in [3.63, 3.8) is 0 Å². The third-order valence-electron chi connectivity index (χ3n) is 4.78. The van der Waals surface area contributed by atoms with E-state index in [1.165, 1.54) is 12.1 Å². The fourth-order valence-corrected chi connectivity index (χ4v) is 3.26. The third kappa shape index (κ3) is 4.91. The van der Waals surface area contributed by atoms with Gasteiger partial charge in [-0.05, 0) is 49.1 Å². The van der Waals surface area contributed by atoms with E-state index in [1.54, 1.807) is 6.07 Å². The molecule has 1 N–H and O–H groups in total. The molecule has 0 bridgehead atoms. The Bertz CT molecular complexity index is 756. The van der Waals surface area contributed by atoms with Crippen LogP contribution in [0.25, 0.3) is 0 Å². The first-order valence-corrected chi connectivity index (χ1v) is 9.00. The fraction of sp³-hybridized carbons (Fsp3) is 0.333. The smallest absolute Gasteiger partial charge is 0.227 e. The van der Waals surface area contributed by atoms with Gasteiger partial charge in [0.05, 0.1) is 0 Å². The molecular weight excluding hydrogens is 331 g/mol. The Morgan fingerprint density at radius 1 is 1.04 bits per heavy atom. The summed E-state index contributed by atoms with van der Waals surface area (Å²) in [5.41, 5.74) is 1.63. The topological polar surface area (TPSA) is 49.4 Å². The summed E-state index contributed by atoms with van der Waals surface area (Å²) in [5, 5.41) is 2.93. The lowest BCUT2D eigenvalue weighted by molar-refractivity contribution is -0.134. The van der Waals surface area contributed by atoms with Gasteiger partial charge in [0.2, 0.25) is 11.8 Å². The van der Waals surface area contributed by atoms with Crippen LogP contribution in [0.2, 0.25) is 0 Å². The normalized spacial score (nSPS) is 14.9. The molecule has 5 heteroatoms. The maximum atomic E-state index is 13.2. The van der Waals surface area contributed by atoms with Gasteiger partial charge in [-0.3, -0.25) is 9.59 Å². The molecule has 0 atom stereocenters. The lowest BCUT2D eigenvalue weighted by Crippen LogP contribution is -2.41. The zero-order valence-electron chi connectivity index (χ0n) is 14.7. The van der Waals surface area contributed by atoms with Crippen LogP contribution in [0.1, 0.15) is 24.8 Å². The van der Waals surface area contributed by atoms with Crippen LogP contribution in [-0.2, 0) is 16.0 Å². The van der Waals surface area contributed by atoms with Crippen molar-refractivity contribution in [1.29, 1.82) is 0 Å². The second-order valence-corrected chi connectivity index (χ2v) is 6.64. The molecule has 0 spiro atoms. The van der Waals surface area contributed by atoms with Crippen molar-refractivity contribution in [3.05, 3.63) is 66.0 Å². The van der Waals surface area contributed by atoms with E-state index < -0.39 is 0 Å². The van der Waals surface area contributed by atoms with Gasteiger partial charge in [0.25, 0.3) is 0 Å². The van der Waals surface area contributed by atoms with Gasteiger partial charge in [0.15, 0.2) is 0 Å². The van der Waals surface area contributed by atoms with Crippen LogP contribution in [-0.4, -0.2) is 29.8 Å². The number of carbonyl (C=O) groups excluding carboxylic acids is 2. The number of piperidine rings is 1. The number of benzene rings is 2. The molecule has 0 saturated carbocycles. The highest BCUT2D eigenvalue weighted by molar-refractivity contribution is 5.92. The minimum atomic E-state index is -0.278. The summed E-state index contributed by atoms with van der Waals surface area (Å²) in [7, 11) is 0. The van der Waals surface area contributed by atoms with Crippen LogP contribution in [0.4, 0.5) is 10.1 Å². The Kier molecular flexibility index (Phi) is 6.00. The Hall–Kier alpha value is -2.69. The number of halogens is 1. The molecule has 1 aliphatic rings. The van der Waals surface area contributed by atoms with Crippen molar-refractivity contribution in [1.82, 2.24) is 4.90 Å². The third-order valence-corrected chi connectivity index (χ3v) is 4.78. The first-order chi connectivity index (χ1) is 12.6. The minimum Gasteiger partial charge on any atom is -0.343 e. The number of likely N-dealkylation sites (tertiary alicyclic amines) is 1. The summed E-state index contributed by atoms with van der Waals surface area (Å²) in [6.45, 7) is 1.18. The van der Waals surface area contributed by atoms with E-state index in [0.717, 1.165) is 11.3 Å². The van der Waals surface area contributed by atoms with Crippen LogP contribution >= 0.6 is 0 Å². The molecule has 0 aromatic heterocycles. The fourth-order valence-electron chi connectivity index (χ4n) is 3.26. The van der Waals surface area contributed by atoms with E-state index in [4.69, 9.17) is 0 Å². The van der Waals surface area contributed by atoms with Gasteiger partial charge >= 0.3 is 0 Å². The summed E-state index contributed by atoms with van der Waals surface area (Å²) in [6, 6.07) is 15.8. The molecule has 3 rings (SSSR count). The predicted octanol–water partition coefficient (Wildman–Crippen LogP) is 3.64. The molecule has 26 heavy (non-hydrogen) atoms. The van der Waals surface area contributed by atoms with Gasteiger partial charge in [-0.15, -0.1) is 0 Å². The van der Waals surface area contributed by atoms with Crippen LogP contribution < -0.4 is 5.32 Å². The SMILES string of the molecule is O=C(Nc1ccccc1)C1CCN(C(=O)CCc2cccc(F)c2)CC1. The van der Waals surface area contributed by atoms with Gasteiger partial charge in [-0.2, -0.15) is 0 Å². The Morgan fingerprint density at radius 2 is 1.77 bits per heavy atom. The van der Waals surface area contributed by atoms with Crippen LogP contribution in [0.5, 0.6) is 0 Å². The average Bonchev–Trinajstić information content (AvgIpc) is 2.67. The van der Waals surface area contributed by atoms with Crippen molar-refractivity contribution >= 4 is 17.5 Å². The summed E-state index contributed by atoms with van der Waals surface area (Å²) >= 11 is 0. The van der Waals surface area contributed by atoms with Crippen molar-refractivity contribution in [2.45, 2.75) is 25.7 Å². The Morgan fingerprint density at radius 3 is 2.46 bits per heavy atom. The summed E-state index contributed by atoms with van der Waals surface area (Å²) < 4.78 is 13.2. The number of anilines is 1. The number of aryl methyl sites for hydroxylation is 1. The van der Waals surface area contributed by atoms with Crippen molar-refractivity contribution < 1.29 is 14.0 Å². The van der Waals surface area contributed by atoms with Crippen LogP contribution in [0.15, 0.2) is 54.6 Å². The minimum absolute atomic E-state index is 0.0167. The molecule has 0 radical (unpaired) electrons. The highest BCUT2D eigenvalue weighted by Gasteiger charge is 2.27. The molecule has 136 valence electrons. The van der Waals surface area contributed by atoms with Gasteiger partial charge in [0, 0.05) is 31.1 Å². The molecule has 2 aromatic rings. The zero-order valence-corrected chi connectivity index (χ0v) is 14.7. The van der Waals surface area contributed by atoms with Gasteiger partial charge < -0.3 is 10.2 Å². The van der Waals surface area contributed by atoms with E-state index in [9.17, 15) is 14.0 Å². The molecule has 1 aliphatic heterocycles. The number of nitrogens with one attached hydrogen (secondary N) is 1. The number of carbonyl (C=O) groups is 2. The molecule has 2 amide bonds. The van der Waals surface area contributed by atoms with Crippen LogP contribution in [0.3, 0.4) is 0 Å². The molecule has 0 aliphatic carbocycles. The average molecular weight is 354 g/mol. The number of hydrogen-bond donors (Lipinski definition) is 1. The monoisotopic (exact) mass is 354 g/mol. The molecule has 1 fully saturated rings. The summed E-state index contributed by atoms with van der Waals surface area (Å²) in [5.74, 6) is -0.262. The number of para-hydroxylation sites is 1. The summed E-state index contributed by atoms with van der Waals surface area (Å²) in [4.78, 5) is 26.5. The highest BCUT2D eigenvalue weighted by atomic mass is 19.1. The molecule has 2 aromatic carbocycles. The van der Waals surface area contributed by atoms with E-state index in [2.05, 4.69) is 5.32 Å². The molecule has 0 unspecified atom stereocenters. The maximum Gasteiger partial charge on any atom is 0.227 e. The molecule has 4 nitrogen and oxygen atoms in total. The van der Waals surface area contributed by atoms with Crippen molar-refractivity contribution in [3.8, 4) is 0 Å². The van der Waals surface area contributed by atoms with Gasteiger partial charge in [-0.25, -0.2) is 4.39 Å². The van der Waals surface area contributed by atoms with Crippen molar-refractivity contribution in [2.75, 3.05) is 18.4 Å². The second kappa shape index (κ2) is 8.61. The maximum absolute atomic E-state index is 13.2. The van der Waals surface area contributed by atoms with E-state index in [-0.39, 0.29) is 23.5 Å². The standard InChI is InChI=1S/C21H23FN2O2/c22-18-6-4-5-16(15-18)9-10-20(25)24-13-11-17(12-14-24)21(26)23-19-7-2-1-3-8-19/h1-8,15,17H,9-14H2,(H,23,26). The van der Waals surface area contributed by atoms with Gasteiger partial charge in [0.1, 0.15) is 5.82 Å². The Balaban J connectivity index is 1.44. The Labute approximate surface area is 153 Å². The van der Waals surface area contributed by atoms with E-state index >= 15 is 0 Å². The lowest BCUT2D eigenvalue weighted by atomic mass is 9.95. The first kappa shape index (κ1) is 18.1. The number of nitrogens with zero attached hydrogens (tertiary/aromatic N) is 1. The number of rotatable bonds is 5. The number of amides is 2. The second-order valence-electron chi connectivity index (χ2n) is 6.64.